The Balaban J connectivity index is 2.05. The molecule has 0 aliphatic rings. The summed E-state index contributed by atoms with van der Waals surface area (Å²) in [5, 5.41) is 0. The summed E-state index contributed by atoms with van der Waals surface area (Å²) in [5.74, 6) is 4.95. The Kier molecular flexibility index (Phi) is 4.84. The quantitative estimate of drug-likeness (QED) is 0.547. The molecule has 0 spiro atoms. The summed E-state index contributed by atoms with van der Waals surface area (Å²) in [5.41, 5.74) is 2.95. The molecule has 1 aromatic heterocycles. The van der Waals surface area contributed by atoms with Gasteiger partial charge in [0.25, 0.3) is 0 Å². The maximum atomic E-state index is 13.0. The van der Waals surface area contributed by atoms with Crippen LogP contribution in [-0.4, -0.2) is 19.9 Å². The molecule has 2 rings (SSSR count). The molecule has 0 saturated heterocycles. The molecule has 0 saturated carbocycles. The third kappa shape index (κ3) is 3.97. The van der Waals surface area contributed by atoms with Crippen LogP contribution in [0.5, 0.6) is 0 Å². The molecule has 4 N–H and O–H groups in total. The molecule has 0 fully saturated rings. The molecule has 0 aliphatic carbocycles. The Morgan fingerprint density at radius 3 is 2.76 bits per heavy atom. The molecule has 0 radical (unpaired) electrons. The first kappa shape index (κ1) is 15.4. The lowest BCUT2D eigenvalue weighted by atomic mass is 10.1. The van der Waals surface area contributed by atoms with E-state index >= 15 is 0 Å². The second-order valence-electron chi connectivity index (χ2n) is 4.27. The average molecular weight is 310 g/mol. The summed E-state index contributed by atoms with van der Waals surface area (Å²) in [7, 11) is -3.73. The molecule has 6 nitrogen and oxygen atoms in total. The molecule has 0 aliphatic heterocycles. The molecular formula is C13H15FN4O2S. The highest BCUT2D eigenvalue weighted by atomic mass is 32.2. The van der Waals surface area contributed by atoms with E-state index in [0.717, 1.165) is 0 Å². The second-order valence-corrected chi connectivity index (χ2v) is 6.01. The number of nitrogens with zero attached hydrogens (tertiary/aromatic N) is 1. The Bertz CT molecular complexity index is 722. The summed E-state index contributed by atoms with van der Waals surface area (Å²) in [6.07, 6.45) is 1.81. The molecule has 0 amide bonds. The van der Waals surface area contributed by atoms with Gasteiger partial charge < -0.3 is 5.43 Å². The minimum Gasteiger partial charge on any atom is -0.307 e. The van der Waals surface area contributed by atoms with Gasteiger partial charge in [0, 0.05) is 12.7 Å². The fourth-order valence-electron chi connectivity index (χ4n) is 1.82. The van der Waals surface area contributed by atoms with Crippen molar-refractivity contribution in [1.82, 2.24) is 9.71 Å². The van der Waals surface area contributed by atoms with Crippen molar-refractivity contribution < 1.29 is 12.8 Å². The number of benzene rings is 1. The zero-order valence-corrected chi connectivity index (χ0v) is 11.9. The van der Waals surface area contributed by atoms with E-state index in [0.29, 0.717) is 12.0 Å². The van der Waals surface area contributed by atoms with Crippen LogP contribution in [0.3, 0.4) is 0 Å². The average Bonchev–Trinajstić information content (AvgIpc) is 2.47. The number of rotatable bonds is 6. The lowest BCUT2D eigenvalue weighted by Gasteiger charge is -2.10. The van der Waals surface area contributed by atoms with Crippen LogP contribution in [0.15, 0.2) is 47.5 Å². The predicted molar refractivity (Wildman–Crippen MR) is 77.3 cm³/mol. The van der Waals surface area contributed by atoms with Gasteiger partial charge in [-0.3, -0.25) is 0 Å². The van der Waals surface area contributed by atoms with Gasteiger partial charge in [0.2, 0.25) is 10.0 Å². The Morgan fingerprint density at radius 2 is 2.05 bits per heavy atom. The van der Waals surface area contributed by atoms with Gasteiger partial charge in [-0.2, -0.15) is 0 Å². The van der Waals surface area contributed by atoms with E-state index in [9.17, 15) is 12.8 Å². The van der Waals surface area contributed by atoms with Crippen molar-refractivity contribution in [3.63, 3.8) is 0 Å². The van der Waals surface area contributed by atoms with Crippen LogP contribution >= 0.6 is 0 Å². The predicted octanol–water partition coefficient (Wildman–Crippen LogP) is 1.03. The topological polar surface area (TPSA) is 97.1 Å². The Labute approximate surface area is 122 Å². The maximum Gasteiger partial charge on any atom is 0.244 e. The van der Waals surface area contributed by atoms with Crippen molar-refractivity contribution in [3.8, 4) is 0 Å². The lowest BCUT2D eigenvalue weighted by Crippen LogP contribution is -2.27. The molecule has 21 heavy (non-hydrogen) atoms. The molecule has 112 valence electrons. The van der Waals surface area contributed by atoms with Crippen LogP contribution in [0, 0.1) is 5.82 Å². The molecular weight excluding hydrogens is 295 g/mol. The van der Waals surface area contributed by atoms with Gasteiger partial charge >= 0.3 is 0 Å². The van der Waals surface area contributed by atoms with E-state index in [4.69, 9.17) is 5.84 Å². The number of hydrazine groups is 1. The molecule has 1 aromatic carbocycles. The van der Waals surface area contributed by atoms with Crippen molar-refractivity contribution in [2.24, 2.45) is 5.84 Å². The molecule has 0 unspecified atom stereocenters. The van der Waals surface area contributed by atoms with Crippen molar-refractivity contribution in [1.29, 1.82) is 0 Å². The summed E-state index contributed by atoms with van der Waals surface area (Å²) < 4.78 is 39.8. The SMILES string of the molecule is NNc1ncccc1S(=O)(=O)NCCc1cccc(F)c1. The van der Waals surface area contributed by atoms with Gasteiger partial charge in [0.1, 0.15) is 10.7 Å². The molecule has 0 bridgehead atoms. The monoisotopic (exact) mass is 310 g/mol. The van der Waals surface area contributed by atoms with Crippen molar-refractivity contribution in [3.05, 3.63) is 54.0 Å². The van der Waals surface area contributed by atoms with Crippen LogP contribution in [0.2, 0.25) is 0 Å². The van der Waals surface area contributed by atoms with Crippen LogP contribution < -0.4 is 16.0 Å². The van der Waals surface area contributed by atoms with Gasteiger partial charge in [-0.05, 0) is 36.2 Å². The summed E-state index contributed by atoms with van der Waals surface area (Å²) >= 11 is 0. The van der Waals surface area contributed by atoms with Crippen LogP contribution in [0.1, 0.15) is 5.56 Å². The van der Waals surface area contributed by atoms with Gasteiger partial charge in [-0.15, -0.1) is 0 Å². The number of hydrogen-bond donors (Lipinski definition) is 3. The van der Waals surface area contributed by atoms with Crippen LogP contribution in [0.25, 0.3) is 0 Å². The van der Waals surface area contributed by atoms with E-state index in [1.54, 1.807) is 12.1 Å². The van der Waals surface area contributed by atoms with Gasteiger partial charge in [-0.1, -0.05) is 12.1 Å². The minimum absolute atomic E-state index is 0.0354. The first-order chi connectivity index (χ1) is 10.0. The molecule has 8 heteroatoms. The van der Waals surface area contributed by atoms with Crippen LogP contribution in [0.4, 0.5) is 10.2 Å². The summed E-state index contributed by atoms with van der Waals surface area (Å²) in [6, 6.07) is 8.91. The first-order valence-electron chi connectivity index (χ1n) is 6.18. The van der Waals surface area contributed by atoms with Gasteiger partial charge in [0.15, 0.2) is 5.82 Å². The highest BCUT2D eigenvalue weighted by Crippen LogP contribution is 2.16. The van der Waals surface area contributed by atoms with Crippen molar-refractivity contribution in [2.75, 3.05) is 12.0 Å². The normalized spacial score (nSPS) is 11.3. The highest BCUT2D eigenvalue weighted by molar-refractivity contribution is 7.89. The van der Waals surface area contributed by atoms with Crippen molar-refractivity contribution >= 4 is 15.8 Å². The number of nitrogen functional groups attached to an aromatic ring is 1. The van der Waals surface area contributed by atoms with E-state index < -0.39 is 10.0 Å². The number of anilines is 1. The Hall–Kier alpha value is -2.03. The fourth-order valence-corrected chi connectivity index (χ4v) is 2.97. The molecule has 1 heterocycles. The van der Waals surface area contributed by atoms with E-state index in [1.165, 1.54) is 30.5 Å². The van der Waals surface area contributed by atoms with E-state index in [1.807, 2.05) is 0 Å². The first-order valence-corrected chi connectivity index (χ1v) is 7.67. The number of sulfonamides is 1. The number of halogens is 1. The fraction of sp³-hybridized carbons (Fsp3) is 0.154. The zero-order chi connectivity index (χ0) is 15.3. The smallest absolute Gasteiger partial charge is 0.244 e. The molecule has 0 atom stereocenters. The third-order valence-corrected chi connectivity index (χ3v) is 4.28. The second kappa shape index (κ2) is 6.61. The van der Waals surface area contributed by atoms with E-state index in [-0.39, 0.29) is 23.1 Å². The van der Waals surface area contributed by atoms with Gasteiger partial charge in [-0.25, -0.2) is 28.4 Å². The number of aromatic nitrogens is 1. The largest absolute Gasteiger partial charge is 0.307 e. The number of hydrogen-bond acceptors (Lipinski definition) is 5. The standard InChI is InChI=1S/C13H15FN4O2S/c14-11-4-1-3-10(9-11)6-8-17-21(19,20)12-5-2-7-16-13(12)18-15/h1-5,7,9,17H,6,8,15H2,(H,16,18). The maximum absolute atomic E-state index is 13.0. The number of nitrogens with two attached hydrogens (primary N) is 1. The number of nitrogens with one attached hydrogen (secondary N) is 2. The Morgan fingerprint density at radius 1 is 1.24 bits per heavy atom. The zero-order valence-electron chi connectivity index (χ0n) is 11.1. The lowest BCUT2D eigenvalue weighted by molar-refractivity contribution is 0.581. The minimum atomic E-state index is -3.73. The molecule has 2 aromatic rings. The number of pyridine rings is 1. The van der Waals surface area contributed by atoms with E-state index in [2.05, 4.69) is 15.1 Å². The third-order valence-electron chi connectivity index (χ3n) is 2.79. The highest BCUT2D eigenvalue weighted by Gasteiger charge is 2.18. The summed E-state index contributed by atoms with van der Waals surface area (Å²) in [4.78, 5) is 3.80. The van der Waals surface area contributed by atoms with Crippen molar-refractivity contribution in [2.45, 2.75) is 11.3 Å². The van der Waals surface area contributed by atoms with Crippen LogP contribution in [-0.2, 0) is 16.4 Å². The summed E-state index contributed by atoms with van der Waals surface area (Å²) in [6.45, 7) is 0.144. The van der Waals surface area contributed by atoms with Gasteiger partial charge in [0.05, 0.1) is 0 Å².